The van der Waals surface area contributed by atoms with E-state index in [-0.39, 0.29) is 11.5 Å². The summed E-state index contributed by atoms with van der Waals surface area (Å²) >= 11 is 0. The summed E-state index contributed by atoms with van der Waals surface area (Å²) in [5.74, 6) is -0.431. The number of hydrogen-bond donors (Lipinski definition) is 3. The van der Waals surface area contributed by atoms with Gasteiger partial charge in [0, 0.05) is 17.6 Å². The van der Waals surface area contributed by atoms with Crippen LogP contribution in [0, 0.1) is 0 Å². The van der Waals surface area contributed by atoms with E-state index in [4.69, 9.17) is 9.84 Å². The fourth-order valence-corrected chi connectivity index (χ4v) is 2.37. The van der Waals surface area contributed by atoms with Crippen LogP contribution in [0.15, 0.2) is 60.8 Å². The molecule has 0 fully saturated rings. The highest BCUT2D eigenvalue weighted by Gasteiger charge is 2.07. The number of aromatic carboxylic acids is 1. The van der Waals surface area contributed by atoms with Gasteiger partial charge < -0.3 is 20.5 Å². The minimum absolute atomic E-state index is 0.210. The van der Waals surface area contributed by atoms with Gasteiger partial charge in [-0.2, -0.15) is 4.98 Å². The molecular formula is C20H18N4O4. The Morgan fingerprint density at radius 2 is 1.54 bits per heavy atom. The van der Waals surface area contributed by atoms with Gasteiger partial charge in [-0.1, -0.05) is 0 Å². The monoisotopic (exact) mass is 378 g/mol. The molecule has 0 saturated carbocycles. The highest BCUT2D eigenvalue weighted by atomic mass is 16.5. The lowest BCUT2D eigenvalue weighted by Gasteiger charge is -2.09. The molecule has 28 heavy (non-hydrogen) atoms. The number of carbonyl (C=O) groups is 2. The molecule has 0 unspecified atom stereocenters. The van der Waals surface area contributed by atoms with Crippen molar-refractivity contribution in [1.82, 2.24) is 9.97 Å². The van der Waals surface area contributed by atoms with Gasteiger partial charge in [0.15, 0.2) is 0 Å². The highest BCUT2D eigenvalue weighted by molar-refractivity contribution is 5.90. The zero-order valence-corrected chi connectivity index (χ0v) is 15.0. The fraction of sp³-hybridized carbons (Fsp3) is 0.100. The summed E-state index contributed by atoms with van der Waals surface area (Å²) in [6.45, 7) is 2.08. The Morgan fingerprint density at radius 3 is 2.14 bits per heavy atom. The molecule has 1 heterocycles. The molecule has 3 rings (SSSR count). The summed E-state index contributed by atoms with van der Waals surface area (Å²) in [5, 5.41) is 15.1. The standard InChI is InChI=1S/C20H18N4O4/c1-2-28-19(27)14-5-9-16(10-6-14)23-20-21-12-11-17(24-20)22-15-7-3-13(4-8-15)18(25)26/h3-12H,2H2,1H3,(H,25,26)(H2,21,22,23,24). The van der Waals surface area contributed by atoms with Gasteiger partial charge in [-0.25, -0.2) is 14.6 Å². The van der Waals surface area contributed by atoms with Crippen LogP contribution in [-0.4, -0.2) is 33.6 Å². The number of carboxylic acid groups (broad SMARTS) is 1. The van der Waals surface area contributed by atoms with Crippen LogP contribution < -0.4 is 10.6 Å². The Hall–Kier alpha value is -3.94. The predicted octanol–water partition coefficient (Wildman–Crippen LogP) is 3.84. The van der Waals surface area contributed by atoms with Crippen LogP contribution in [-0.2, 0) is 4.74 Å². The number of aromatic nitrogens is 2. The Kier molecular flexibility index (Phi) is 5.81. The van der Waals surface area contributed by atoms with Crippen molar-refractivity contribution >= 4 is 35.1 Å². The van der Waals surface area contributed by atoms with Crippen molar-refractivity contribution in [1.29, 1.82) is 0 Å². The molecule has 3 aromatic rings. The van der Waals surface area contributed by atoms with Crippen molar-refractivity contribution < 1.29 is 19.4 Å². The molecule has 0 amide bonds. The number of ether oxygens (including phenoxy) is 1. The fourth-order valence-electron chi connectivity index (χ4n) is 2.37. The Bertz CT molecular complexity index is 972. The van der Waals surface area contributed by atoms with Gasteiger partial charge in [0.05, 0.1) is 17.7 Å². The average molecular weight is 378 g/mol. The van der Waals surface area contributed by atoms with Crippen molar-refractivity contribution in [3.63, 3.8) is 0 Å². The second-order valence-electron chi connectivity index (χ2n) is 5.70. The molecular weight excluding hydrogens is 360 g/mol. The lowest BCUT2D eigenvalue weighted by molar-refractivity contribution is 0.0526. The number of benzene rings is 2. The van der Waals surface area contributed by atoms with Crippen molar-refractivity contribution in [3.05, 3.63) is 71.9 Å². The third kappa shape index (κ3) is 4.82. The number of nitrogens with one attached hydrogen (secondary N) is 2. The Labute approximate surface area is 161 Å². The maximum absolute atomic E-state index is 11.7. The number of carbonyl (C=O) groups excluding carboxylic acids is 1. The number of anilines is 4. The maximum atomic E-state index is 11.7. The Balaban J connectivity index is 1.67. The summed E-state index contributed by atoms with van der Waals surface area (Å²) < 4.78 is 4.95. The van der Waals surface area contributed by atoms with Gasteiger partial charge in [-0.15, -0.1) is 0 Å². The van der Waals surface area contributed by atoms with Crippen LogP contribution in [0.4, 0.5) is 23.1 Å². The van der Waals surface area contributed by atoms with E-state index in [0.717, 1.165) is 5.69 Å². The third-order valence-electron chi connectivity index (χ3n) is 3.71. The summed E-state index contributed by atoms with van der Waals surface area (Å²) in [6, 6.07) is 14.8. The molecule has 0 aliphatic heterocycles. The van der Waals surface area contributed by atoms with Crippen LogP contribution in [0.2, 0.25) is 0 Å². The van der Waals surface area contributed by atoms with Crippen LogP contribution in [0.25, 0.3) is 0 Å². The number of rotatable bonds is 7. The molecule has 0 bridgehead atoms. The summed E-state index contributed by atoms with van der Waals surface area (Å²) in [6.07, 6.45) is 1.59. The van der Waals surface area contributed by atoms with Crippen molar-refractivity contribution in [2.24, 2.45) is 0 Å². The number of nitrogens with zero attached hydrogens (tertiary/aromatic N) is 2. The number of hydrogen-bond acceptors (Lipinski definition) is 7. The van der Waals surface area contributed by atoms with Gasteiger partial charge in [0.2, 0.25) is 5.95 Å². The van der Waals surface area contributed by atoms with E-state index in [0.29, 0.717) is 29.6 Å². The molecule has 0 aliphatic rings. The van der Waals surface area contributed by atoms with Crippen molar-refractivity contribution in [2.45, 2.75) is 6.92 Å². The van der Waals surface area contributed by atoms with Crippen molar-refractivity contribution in [3.8, 4) is 0 Å². The molecule has 142 valence electrons. The molecule has 8 nitrogen and oxygen atoms in total. The van der Waals surface area contributed by atoms with E-state index in [1.165, 1.54) is 12.1 Å². The van der Waals surface area contributed by atoms with Crippen molar-refractivity contribution in [2.75, 3.05) is 17.2 Å². The zero-order valence-electron chi connectivity index (χ0n) is 15.0. The molecule has 1 aromatic heterocycles. The van der Waals surface area contributed by atoms with Crippen LogP contribution in [0.5, 0.6) is 0 Å². The topological polar surface area (TPSA) is 113 Å². The average Bonchev–Trinajstić information content (AvgIpc) is 2.69. The predicted molar refractivity (Wildman–Crippen MR) is 104 cm³/mol. The lowest BCUT2D eigenvalue weighted by atomic mass is 10.2. The van der Waals surface area contributed by atoms with Crippen LogP contribution >= 0.6 is 0 Å². The van der Waals surface area contributed by atoms with Gasteiger partial charge in [-0.3, -0.25) is 0 Å². The second-order valence-corrected chi connectivity index (χ2v) is 5.70. The Morgan fingerprint density at radius 1 is 0.929 bits per heavy atom. The first kappa shape index (κ1) is 18.8. The number of esters is 1. The van der Waals surface area contributed by atoms with Gasteiger partial charge in [0.25, 0.3) is 0 Å². The largest absolute Gasteiger partial charge is 0.478 e. The minimum atomic E-state index is -0.978. The van der Waals surface area contributed by atoms with E-state index >= 15 is 0 Å². The molecule has 2 aromatic carbocycles. The molecule has 0 spiro atoms. The minimum Gasteiger partial charge on any atom is -0.478 e. The molecule has 3 N–H and O–H groups in total. The van der Waals surface area contributed by atoms with E-state index in [9.17, 15) is 9.59 Å². The summed E-state index contributed by atoms with van der Waals surface area (Å²) in [4.78, 5) is 31.1. The normalized spacial score (nSPS) is 10.2. The van der Waals surface area contributed by atoms with Gasteiger partial charge in [0.1, 0.15) is 5.82 Å². The smallest absolute Gasteiger partial charge is 0.338 e. The highest BCUT2D eigenvalue weighted by Crippen LogP contribution is 2.19. The molecule has 0 atom stereocenters. The first-order valence-corrected chi connectivity index (χ1v) is 8.53. The SMILES string of the molecule is CCOC(=O)c1ccc(Nc2nccc(Nc3ccc(C(=O)O)cc3)n2)cc1. The molecule has 8 heteroatoms. The van der Waals surface area contributed by atoms with Gasteiger partial charge >= 0.3 is 11.9 Å². The lowest BCUT2D eigenvalue weighted by Crippen LogP contribution is -2.05. The maximum Gasteiger partial charge on any atom is 0.338 e. The first-order valence-electron chi connectivity index (χ1n) is 8.53. The molecule has 0 aliphatic carbocycles. The van der Waals surface area contributed by atoms with Crippen LogP contribution in [0.1, 0.15) is 27.6 Å². The van der Waals surface area contributed by atoms with E-state index < -0.39 is 5.97 Å². The zero-order chi connectivity index (χ0) is 19.9. The number of carboxylic acids is 1. The summed E-state index contributed by atoms with van der Waals surface area (Å²) in [5.41, 5.74) is 2.10. The second kappa shape index (κ2) is 8.63. The van der Waals surface area contributed by atoms with Crippen LogP contribution in [0.3, 0.4) is 0 Å². The van der Waals surface area contributed by atoms with E-state index in [1.54, 1.807) is 55.6 Å². The van der Waals surface area contributed by atoms with E-state index in [1.807, 2.05) is 0 Å². The van der Waals surface area contributed by atoms with Gasteiger partial charge in [-0.05, 0) is 61.5 Å². The van der Waals surface area contributed by atoms with E-state index in [2.05, 4.69) is 20.6 Å². The summed E-state index contributed by atoms with van der Waals surface area (Å²) in [7, 11) is 0. The molecule has 0 radical (unpaired) electrons. The first-order chi connectivity index (χ1) is 13.5. The molecule has 0 saturated heterocycles. The third-order valence-corrected chi connectivity index (χ3v) is 3.71. The quantitative estimate of drug-likeness (QED) is 0.532.